The number of hydrogen-bond donors (Lipinski definition) is 1. The molecule has 0 saturated heterocycles. The minimum absolute atomic E-state index is 0.145. The Morgan fingerprint density at radius 2 is 1.82 bits per heavy atom. The zero-order valence-electron chi connectivity index (χ0n) is 13.6. The van der Waals surface area contributed by atoms with E-state index >= 15 is 0 Å². The van der Waals surface area contributed by atoms with E-state index in [-0.39, 0.29) is 6.10 Å². The molecule has 0 aliphatic rings. The zero-order chi connectivity index (χ0) is 16.2. The molecule has 118 valence electrons. The first-order valence-electron chi connectivity index (χ1n) is 7.46. The summed E-state index contributed by atoms with van der Waals surface area (Å²) in [6.07, 6.45) is -0.574. The van der Waals surface area contributed by atoms with Crippen LogP contribution in [0.3, 0.4) is 0 Å². The van der Waals surface area contributed by atoms with Gasteiger partial charge < -0.3 is 14.8 Å². The second kappa shape index (κ2) is 6.69. The molecule has 0 saturated carbocycles. The molecule has 1 atom stereocenters. The van der Waals surface area contributed by atoms with Gasteiger partial charge in [0.2, 0.25) is 0 Å². The number of rotatable bonds is 4. The van der Waals surface area contributed by atoms with Crippen LogP contribution in [0.5, 0.6) is 5.75 Å². The molecule has 1 amide bonds. The molecule has 4 heteroatoms. The van der Waals surface area contributed by atoms with Crippen molar-refractivity contribution in [2.75, 3.05) is 6.54 Å². The molecule has 0 aromatic heterocycles. The fraction of sp³-hybridized carbons (Fsp3) is 0.389. The van der Waals surface area contributed by atoms with Crippen molar-refractivity contribution in [3.8, 4) is 5.75 Å². The van der Waals surface area contributed by atoms with Crippen LogP contribution in [-0.4, -0.2) is 24.3 Å². The SMILES string of the molecule is C[C@@H](CNC(=O)OC(C)(C)C)Oc1ccc2ccccc2c1. The van der Waals surface area contributed by atoms with Crippen LogP contribution < -0.4 is 10.1 Å². The molecule has 0 fully saturated rings. The number of carbonyl (C=O) groups is 1. The lowest BCUT2D eigenvalue weighted by Crippen LogP contribution is -2.37. The fourth-order valence-electron chi connectivity index (χ4n) is 2.06. The van der Waals surface area contributed by atoms with Crippen molar-refractivity contribution in [2.45, 2.75) is 39.4 Å². The molecule has 0 aliphatic heterocycles. The third-order valence-corrected chi connectivity index (χ3v) is 2.99. The van der Waals surface area contributed by atoms with Crippen LogP contribution >= 0.6 is 0 Å². The average molecular weight is 301 g/mol. The van der Waals surface area contributed by atoms with Gasteiger partial charge in [-0.25, -0.2) is 4.79 Å². The predicted octanol–water partition coefficient (Wildman–Crippen LogP) is 4.13. The van der Waals surface area contributed by atoms with E-state index in [2.05, 4.69) is 11.4 Å². The van der Waals surface area contributed by atoms with Crippen molar-refractivity contribution in [2.24, 2.45) is 0 Å². The molecule has 1 N–H and O–H groups in total. The summed E-state index contributed by atoms with van der Waals surface area (Å²) in [4.78, 5) is 11.6. The first-order chi connectivity index (χ1) is 10.3. The number of carbonyl (C=O) groups excluding carboxylic acids is 1. The normalized spacial score (nSPS) is 12.7. The van der Waals surface area contributed by atoms with Crippen molar-refractivity contribution in [1.82, 2.24) is 5.32 Å². The molecule has 0 radical (unpaired) electrons. The summed E-state index contributed by atoms with van der Waals surface area (Å²) >= 11 is 0. The Morgan fingerprint density at radius 3 is 2.50 bits per heavy atom. The Morgan fingerprint density at radius 1 is 1.14 bits per heavy atom. The summed E-state index contributed by atoms with van der Waals surface area (Å²) in [5.74, 6) is 0.789. The van der Waals surface area contributed by atoms with Crippen LogP contribution in [-0.2, 0) is 4.74 Å². The number of nitrogens with one attached hydrogen (secondary N) is 1. The lowest BCUT2D eigenvalue weighted by molar-refractivity contribution is 0.0505. The van der Waals surface area contributed by atoms with Gasteiger partial charge in [0.1, 0.15) is 17.5 Å². The van der Waals surface area contributed by atoms with Gasteiger partial charge in [0, 0.05) is 0 Å². The van der Waals surface area contributed by atoms with Crippen molar-refractivity contribution < 1.29 is 14.3 Å². The van der Waals surface area contributed by atoms with Crippen LogP contribution in [0.2, 0.25) is 0 Å². The largest absolute Gasteiger partial charge is 0.489 e. The van der Waals surface area contributed by atoms with Crippen LogP contribution in [0.15, 0.2) is 42.5 Å². The Balaban J connectivity index is 1.88. The molecule has 0 unspecified atom stereocenters. The third kappa shape index (κ3) is 4.95. The fourth-order valence-corrected chi connectivity index (χ4v) is 2.06. The first-order valence-corrected chi connectivity index (χ1v) is 7.46. The Kier molecular flexibility index (Phi) is 4.91. The predicted molar refractivity (Wildman–Crippen MR) is 88.3 cm³/mol. The summed E-state index contributed by atoms with van der Waals surface area (Å²) in [6, 6.07) is 14.1. The lowest BCUT2D eigenvalue weighted by atomic mass is 10.1. The van der Waals surface area contributed by atoms with Gasteiger partial charge >= 0.3 is 6.09 Å². The number of alkyl carbamates (subject to hydrolysis) is 1. The van der Waals surface area contributed by atoms with Crippen LogP contribution in [0, 0.1) is 0 Å². The monoisotopic (exact) mass is 301 g/mol. The number of hydrogen-bond acceptors (Lipinski definition) is 3. The number of ether oxygens (including phenoxy) is 2. The van der Waals surface area contributed by atoms with Crippen molar-refractivity contribution in [1.29, 1.82) is 0 Å². The van der Waals surface area contributed by atoms with Gasteiger partial charge in [-0.3, -0.25) is 0 Å². The number of benzene rings is 2. The van der Waals surface area contributed by atoms with Gasteiger partial charge in [-0.1, -0.05) is 30.3 Å². The summed E-state index contributed by atoms with van der Waals surface area (Å²) < 4.78 is 11.0. The zero-order valence-corrected chi connectivity index (χ0v) is 13.6. The maximum Gasteiger partial charge on any atom is 0.407 e. The van der Waals surface area contributed by atoms with Crippen molar-refractivity contribution in [3.63, 3.8) is 0 Å². The molecule has 22 heavy (non-hydrogen) atoms. The van der Waals surface area contributed by atoms with Crippen LogP contribution in [0.1, 0.15) is 27.7 Å². The quantitative estimate of drug-likeness (QED) is 0.923. The van der Waals surface area contributed by atoms with Gasteiger partial charge in [0.25, 0.3) is 0 Å². The second-order valence-corrected chi connectivity index (χ2v) is 6.32. The highest BCUT2D eigenvalue weighted by Gasteiger charge is 2.16. The molecule has 2 aromatic carbocycles. The Bertz CT molecular complexity index is 646. The molecule has 0 spiro atoms. The molecule has 4 nitrogen and oxygen atoms in total. The highest BCUT2D eigenvalue weighted by molar-refractivity contribution is 5.83. The van der Waals surface area contributed by atoms with E-state index in [1.54, 1.807) is 0 Å². The molecule has 0 aliphatic carbocycles. The molecule has 2 rings (SSSR count). The highest BCUT2D eigenvalue weighted by Crippen LogP contribution is 2.21. The van der Waals surface area contributed by atoms with Gasteiger partial charge in [0.05, 0.1) is 6.54 Å². The van der Waals surface area contributed by atoms with Gasteiger partial charge in [-0.2, -0.15) is 0 Å². The molecule has 0 heterocycles. The standard InChI is InChI=1S/C18H23NO3/c1-13(12-19-17(20)22-18(2,3)4)21-16-10-9-14-7-5-6-8-15(14)11-16/h5-11,13H,12H2,1-4H3,(H,19,20)/t13-/m0/s1. The van der Waals surface area contributed by atoms with Crippen LogP contribution in [0.4, 0.5) is 4.79 Å². The maximum atomic E-state index is 11.6. The number of amides is 1. The minimum Gasteiger partial charge on any atom is -0.489 e. The molecule has 0 bridgehead atoms. The Hall–Kier alpha value is -2.23. The summed E-state index contributed by atoms with van der Waals surface area (Å²) in [5.41, 5.74) is -0.494. The molecular formula is C18H23NO3. The van der Waals surface area contributed by atoms with E-state index in [0.717, 1.165) is 11.1 Å². The van der Waals surface area contributed by atoms with E-state index in [9.17, 15) is 4.79 Å². The molecular weight excluding hydrogens is 278 g/mol. The van der Waals surface area contributed by atoms with Crippen molar-refractivity contribution >= 4 is 16.9 Å². The Labute approximate surface area is 131 Å². The minimum atomic E-state index is -0.494. The topological polar surface area (TPSA) is 47.6 Å². The average Bonchev–Trinajstić information content (AvgIpc) is 2.43. The van der Waals surface area contributed by atoms with E-state index in [1.807, 2.05) is 64.1 Å². The highest BCUT2D eigenvalue weighted by atomic mass is 16.6. The third-order valence-electron chi connectivity index (χ3n) is 2.99. The van der Waals surface area contributed by atoms with E-state index < -0.39 is 11.7 Å². The van der Waals surface area contributed by atoms with Gasteiger partial charge in [-0.05, 0) is 50.6 Å². The number of fused-ring (bicyclic) bond motifs is 1. The van der Waals surface area contributed by atoms with Crippen LogP contribution in [0.25, 0.3) is 10.8 Å². The van der Waals surface area contributed by atoms with E-state index in [4.69, 9.17) is 9.47 Å². The summed E-state index contributed by atoms with van der Waals surface area (Å²) in [6.45, 7) is 7.80. The second-order valence-electron chi connectivity index (χ2n) is 6.32. The van der Waals surface area contributed by atoms with Crippen molar-refractivity contribution in [3.05, 3.63) is 42.5 Å². The first kappa shape index (κ1) is 16.1. The van der Waals surface area contributed by atoms with E-state index in [0.29, 0.717) is 6.54 Å². The van der Waals surface area contributed by atoms with Gasteiger partial charge in [0.15, 0.2) is 0 Å². The smallest absolute Gasteiger partial charge is 0.407 e. The van der Waals surface area contributed by atoms with E-state index in [1.165, 1.54) is 5.39 Å². The lowest BCUT2D eigenvalue weighted by Gasteiger charge is -2.21. The summed E-state index contributed by atoms with van der Waals surface area (Å²) in [5, 5.41) is 5.02. The van der Waals surface area contributed by atoms with Gasteiger partial charge in [-0.15, -0.1) is 0 Å². The summed E-state index contributed by atoms with van der Waals surface area (Å²) in [7, 11) is 0. The maximum absolute atomic E-state index is 11.6. The molecule has 2 aromatic rings.